The number of fused-ring (bicyclic) bond motifs is 1. The number of furan rings is 1. The Balaban J connectivity index is 1.40. The zero-order valence-corrected chi connectivity index (χ0v) is 20.8. The zero-order valence-electron chi connectivity index (χ0n) is 20.8. The third-order valence-electron chi connectivity index (χ3n) is 6.45. The minimum Gasteiger partial charge on any atom is -0.492 e. The van der Waals surface area contributed by atoms with Crippen molar-refractivity contribution in [3.05, 3.63) is 94.9 Å². The number of aromatic nitrogens is 1. The van der Waals surface area contributed by atoms with Crippen LogP contribution in [0.25, 0.3) is 22.5 Å². The lowest BCUT2D eigenvalue weighted by Crippen LogP contribution is -2.19. The van der Waals surface area contributed by atoms with Crippen molar-refractivity contribution in [3.8, 4) is 28.2 Å². The molecule has 1 atom stereocenters. The molecule has 2 aromatic heterocycles. The van der Waals surface area contributed by atoms with Crippen molar-refractivity contribution in [2.75, 3.05) is 32.6 Å². The van der Waals surface area contributed by atoms with Gasteiger partial charge in [0.05, 0.1) is 0 Å². The van der Waals surface area contributed by atoms with Crippen LogP contribution in [0, 0.1) is 4.91 Å². The van der Waals surface area contributed by atoms with Crippen molar-refractivity contribution in [1.82, 2.24) is 9.88 Å². The molecule has 1 N–H and O–H groups in total. The molecule has 0 saturated carbocycles. The Morgan fingerprint density at radius 2 is 1.86 bits per heavy atom. The van der Waals surface area contributed by atoms with Gasteiger partial charge in [-0.15, -0.1) is 0 Å². The Hall–Kier alpha value is -4.30. The number of likely N-dealkylation sites (N-methyl/N-ethyl adjacent to an activating group) is 1. The van der Waals surface area contributed by atoms with Crippen LogP contribution in [0.15, 0.2) is 82.7 Å². The van der Waals surface area contributed by atoms with E-state index in [2.05, 4.69) is 15.5 Å². The van der Waals surface area contributed by atoms with Gasteiger partial charge in [0.2, 0.25) is 0 Å². The number of hydrogen-bond donors (Lipinski definition) is 1. The summed E-state index contributed by atoms with van der Waals surface area (Å²) in [7, 11) is 3.99. The number of carbonyl (C=O) groups excluding carboxylic acids is 1. The first kappa shape index (κ1) is 24.4. The predicted octanol–water partition coefficient (Wildman–Crippen LogP) is 5.96. The van der Waals surface area contributed by atoms with E-state index in [1.807, 2.05) is 61.5 Å². The van der Waals surface area contributed by atoms with Crippen LogP contribution in [0.5, 0.6) is 5.75 Å². The van der Waals surface area contributed by atoms with Crippen molar-refractivity contribution in [3.63, 3.8) is 0 Å². The molecule has 0 spiro atoms. The number of carbonyl (C=O) groups is 1. The molecule has 8 nitrogen and oxygen atoms in total. The van der Waals surface area contributed by atoms with Gasteiger partial charge in [0.15, 0.2) is 5.76 Å². The molecule has 0 bridgehead atoms. The number of nitrogens with zero attached hydrogens (tertiary/aromatic N) is 3. The molecule has 1 amide bonds. The summed E-state index contributed by atoms with van der Waals surface area (Å²) >= 11 is 0. The van der Waals surface area contributed by atoms with E-state index in [1.54, 1.807) is 30.6 Å². The largest absolute Gasteiger partial charge is 0.492 e. The normalized spacial score (nSPS) is 14.4. The van der Waals surface area contributed by atoms with Crippen molar-refractivity contribution in [2.45, 2.75) is 18.9 Å². The van der Waals surface area contributed by atoms with Gasteiger partial charge in [-0.25, -0.2) is 0 Å². The molecule has 5 rings (SSSR count). The summed E-state index contributed by atoms with van der Waals surface area (Å²) in [6, 6.07) is 18.3. The second kappa shape index (κ2) is 10.8. The van der Waals surface area contributed by atoms with Gasteiger partial charge in [0.25, 0.3) is 5.91 Å². The molecule has 8 heteroatoms. The first-order valence-corrected chi connectivity index (χ1v) is 12.2. The Kier molecular flexibility index (Phi) is 7.09. The summed E-state index contributed by atoms with van der Waals surface area (Å²) in [5, 5.41) is 6.15. The molecule has 0 fully saturated rings. The summed E-state index contributed by atoms with van der Waals surface area (Å²) < 4.78 is 11.9. The van der Waals surface area contributed by atoms with Crippen LogP contribution in [-0.4, -0.2) is 43.0 Å². The number of amides is 1. The smallest absolute Gasteiger partial charge is 0.291 e. The van der Waals surface area contributed by atoms with Crippen molar-refractivity contribution in [1.29, 1.82) is 0 Å². The molecule has 1 unspecified atom stereocenters. The van der Waals surface area contributed by atoms with Gasteiger partial charge in [0, 0.05) is 35.8 Å². The third-order valence-corrected chi connectivity index (χ3v) is 6.45. The summed E-state index contributed by atoms with van der Waals surface area (Å²) in [6.45, 7) is 1.40. The van der Waals surface area contributed by atoms with Gasteiger partial charge >= 0.3 is 0 Å². The molecule has 0 saturated heterocycles. The Morgan fingerprint density at radius 3 is 2.59 bits per heavy atom. The van der Waals surface area contributed by atoms with E-state index in [0.29, 0.717) is 24.5 Å². The van der Waals surface area contributed by atoms with Crippen molar-refractivity contribution >= 4 is 11.6 Å². The molecular formula is C29H28N4O4. The fourth-order valence-corrected chi connectivity index (χ4v) is 4.48. The maximum absolute atomic E-state index is 13.1. The Morgan fingerprint density at radius 1 is 1.08 bits per heavy atom. The third kappa shape index (κ3) is 5.44. The second-order valence-electron chi connectivity index (χ2n) is 9.29. The van der Waals surface area contributed by atoms with E-state index >= 15 is 0 Å². The number of nitroso groups, excluding NO2 is 1. The molecular weight excluding hydrogens is 468 g/mol. The topological polar surface area (TPSA) is 97.0 Å². The zero-order chi connectivity index (χ0) is 25.8. The van der Waals surface area contributed by atoms with Crippen molar-refractivity contribution < 1.29 is 13.9 Å². The number of rotatable bonds is 9. The van der Waals surface area contributed by atoms with E-state index in [9.17, 15) is 9.70 Å². The number of nitrogens with one attached hydrogen (secondary N) is 1. The van der Waals surface area contributed by atoms with E-state index in [1.165, 1.54) is 0 Å². The molecule has 188 valence electrons. The molecule has 0 aliphatic heterocycles. The first-order valence-electron chi connectivity index (χ1n) is 12.2. The molecule has 1 aliphatic carbocycles. The average Bonchev–Trinajstić information content (AvgIpc) is 3.54. The lowest BCUT2D eigenvalue weighted by atomic mass is 9.99. The quantitative estimate of drug-likeness (QED) is 0.287. The van der Waals surface area contributed by atoms with Crippen LogP contribution in [0.3, 0.4) is 0 Å². The van der Waals surface area contributed by atoms with Gasteiger partial charge in [0.1, 0.15) is 24.2 Å². The molecule has 1 aliphatic rings. The van der Waals surface area contributed by atoms with Crippen molar-refractivity contribution in [2.24, 2.45) is 5.18 Å². The van der Waals surface area contributed by atoms with Crippen LogP contribution < -0.4 is 10.1 Å². The van der Waals surface area contributed by atoms with Gasteiger partial charge in [-0.2, -0.15) is 4.91 Å². The maximum atomic E-state index is 13.1. The highest BCUT2D eigenvalue weighted by molar-refractivity contribution is 6.04. The maximum Gasteiger partial charge on any atom is 0.291 e. The second-order valence-corrected chi connectivity index (χ2v) is 9.29. The van der Waals surface area contributed by atoms with Gasteiger partial charge in [-0.3, -0.25) is 9.78 Å². The van der Waals surface area contributed by atoms with Crippen LogP contribution >= 0.6 is 0 Å². The number of hydrogen-bond acceptors (Lipinski definition) is 7. The number of anilines is 1. The molecule has 2 heterocycles. The van der Waals surface area contributed by atoms with E-state index in [-0.39, 0.29) is 17.7 Å². The predicted molar refractivity (Wildman–Crippen MR) is 143 cm³/mol. The molecule has 4 aromatic rings. The molecule has 37 heavy (non-hydrogen) atoms. The standard InChI is InChI=1S/C29H28N4O4/c1-33(2)15-16-36-23-7-5-22(6-8-23)31-29(34)27-18-25(19-11-13-30-14-12-19)28(37-27)21-3-9-24-20(17-21)4-10-26(24)32-35/h3,5-9,11-14,17-18,26H,4,10,15-16H2,1-2H3,(H,31,34). The highest BCUT2D eigenvalue weighted by Gasteiger charge is 2.25. The number of benzene rings is 2. The highest BCUT2D eigenvalue weighted by atomic mass is 16.5. The van der Waals surface area contributed by atoms with E-state index in [0.717, 1.165) is 46.5 Å². The van der Waals surface area contributed by atoms with Crippen LogP contribution in [0.1, 0.15) is 34.1 Å². The lowest BCUT2D eigenvalue weighted by molar-refractivity contribution is 0.0997. The monoisotopic (exact) mass is 496 g/mol. The molecule has 0 radical (unpaired) electrons. The van der Waals surface area contributed by atoms with Crippen LogP contribution in [0.2, 0.25) is 0 Å². The first-order chi connectivity index (χ1) is 18.0. The summed E-state index contributed by atoms with van der Waals surface area (Å²) in [4.78, 5) is 30.5. The summed E-state index contributed by atoms with van der Waals surface area (Å²) in [6.07, 6.45) is 4.91. The minimum atomic E-state index is -0.353. The van der Waals surface area contributed by atoms with Crippen LogP contribution in [0.4, 0.5) is 5.69 Å². The minimum absolute atomic E-state index is 0.195. The van der Waals surface area contributed by atoms with Gasteiger partial charge < -0.3 is 19.4 Å². The lowest BCUT2D eigenvalue weighted by Gasteiger charge is -2.11. The average molecular weight is 497 g/mol. The fourth-order valence-electron chi connectivity index (χ4n) is 4.48. The number of aryl methyl sites for hydroxylation is 1. The summed E-state index contributed by atoms with van der Waals surface area (Å²) in [5.74, 6) is 1.17. The fraction of sp³-hybridized carbons (Fsp3) is 0.241. The number of ether oxygens (including phenoxy) is 1. The SMILES string of the molecule is CN(C)CCOc1ccc(NC(=O)c2cc(-c3ccncc3)c(-c3ccc4c(c3)CCC4N=O)o2)cc1. The number of pyridine rings is 1. The molecule has 2 aromatic carbocycles. The van der Waals surface area contributed by atoms with Crippen LogP contribution in [-0.2, 0) is 6.42 Å². The Bertz CT molecular complexity index is 1400. The summed E-state index contributed by atoms with van der Waals surface area (Å²) in [5.41, 5.74) is 5.20. The van der Waals surface area contributed by atoms with E-state index < -0.39 is 0 Å². The van der Waals surface area contributed by atoms with Gasteiger partial charge in [-0.05, 0) is 92.2 Å². The highest BCUT2D eigenvalue weighted by Crippen LogP contribution is 2.40. The van der Waals surface area contributed by atoms with Gasteiger partial charge in [-0.1, -0.05) is 17.3 Å². The van der Waals surface area contributed by atoms with E-state index in [4.69, 9.17) is 9.15 Å². The Labute approximate surface area is 215 Å².